The van der Waals surface area contributed by atoms with E-state index in [2.05, 4.69) is 46.3 Å². The second kappa shape index (κ2) is 9.91. The first kappa shape index (κ1) is 23.2. The van der Waals surface area contributed by atoms with Gasteiger partial charge in [0.05, 0.1) is 0 Å². The van der Waals surface area contributed by atoms with E-state index in [-0.39, 0.29) is 17.4 Å². The van der Waals surface area contributed by atoms with E-state index in [0.29, 0.717) is 49.1 Å². The number of aromatic nitrogens is 2. The van der Waals surface area contributed by atoms with Crippen LogP contribution in [0.15, 0.2) is 67.0 Å². The van der Waals surface area contributed by atoms with E-state index >= 15 is 0 Å². The summed E-state index contributed by atoms with van der Waals surface area (Å²) in [5.74, 6) is 0.488. The van der Waals surface area contributed by atoms with Crippen molar-refractivity contribution in [2.24, 2.45) is 0 Å². The van der Waals surface area contributed by atoms with Crippen LogP contribution in [0, 0.1) is 0 Å². The van der Waals surface area contributed by atoms with Gasteiger partial charge in [-0.2, -0.15) is 0 Å². The van der Waals surface area contributed by atoms with Gasteiger partial charge in [-0.15, -0.1) is 0 Å². The van der Waals surface area contributed by atoms with Crippen LogP contribution < -0.4 is 15.5 Å². The van der Waals surface area contributed by atoms with Crippen molar-refractivity contribution in [3.05, 3.63) is 78.1 Å². The first-order valence-electron chi connectivity index (χ1n) is 11.4. The van der Waals surface area contributed by atoms with E-state index in [1.54, 1.807) is 47.6 Å². The molecule has 3 amide bonds. The van der Waals surface area contributed by atoms with Gasteiger partial charge in [-0.3, -0.25) is 4.79 Å². The van der Waals surface area contributed by atoms with Crippen LogP contribution in [0.25, 0.3) is 0 Å². The zero-order valence-electron chi connectivity index (χ0n) is 19.8. The second-order valence-electron chi connectivity index (χ2n) is 9.32. The number of benzene rings is 2. The molecule has 176 valence electrons. The van der Waals surface area contributed by atoms with Gasteiger partial charge in [-0.25, -0.2) is 14.8 Å². The van der Waals surface area contributed by atoms with Crippen LogP contribution in [0.1, 0.15) is 36.7 Å². The van der Waals surface area contributed by atoms with Gasteiger partial charge in [0.25, 0.3) is 5.91 Å². The summed E-state index contributed by atoms with van der Waals surface area (Å²) in [5.41, 5.74) is 3.03. The standard InChI is InChI=1S/C26H30N6O2/c1-26(2,3)20-10-8-19(9-11-20)23(33)29-21-6-4-7-22(18-21)30-25(34)32-16-14-31(15-17-32)24-27-12-5-13-28-24/h4-13,18H,14-17H2,1-3H3,(H,29,33)(H,30,34). The van der Waals surface area contributed by atoms with Crippen LogP contribution in [0.5, 0.6) is 0 Å². The van der Waals surface area contributed by atoms with Crippen LogP contribution in [-0.4, -0.2) is 53.0 Å². The molecule has 2 aromatic carbocycles. The van der Waals surface area contributed by atoms with E-state index in [1.165, 1.54) is 5.56 Å². The van der Waals surface area contributed by atoms with Gasteiger partial charge in [0.2, 0.25) is 5.95 Å². The molecule has 8 heteroatoms. The molecule has 1 fully saturated rings. The van der Waals surface area contributed by atoms with E-state index in [0.717, 1.165) is 0 Å². The van der Waals surface area contributed by atoms with Gasteiger partial charge < -0.3 is 20.4 Å². The number of carbonyl (C=O) groups is 2. The molecule has 0 radical (unpaired) electrons. The molecule has 8 nitrogen and oxygen atoms in total. The lowest BCUT2D eigenvalue weighted by molar-refractivity contribution is 0.102. The van der Waals surface area contributed by atoms with Crippen LogP contribution in [0.3, 0.4) is 0 Å². The van der Waals surface area contributed by atoms with Gasteiger partial charge in [0.1, 0.15) is 0 Å². The molecular formula is C26H30N6O2. The highest BCUT2D eigenvalue weighted by Crippen LogP contribution is 2.23. The normalized spacial score (nSPS) is 14.0. The fourth-order valence-corrected chi connectivity index (χ4v) is 3.77. The summed E-state index contributed by atoms with van der Waals surface area (Å²) in [6, 6.07) is 16.4. The zero-order valence-corrected chi connectivity index (χ0v) is 19.8. The molecule has 0 bridgehead atoms. The second-order valence-corrected chi connectivity index (χ2v) is 9.32. The SMILES string of the molecule is CC(C)(C)c1ccc(C(=O)Nc2cccc(NC(=O)N3CCN(c4ncccn4)CC3)c2)cc1. The number of hydrogen-bond acceptors (Lipinski definition) is 5. The number of piperazine rings is 1. The zero-order chi connectivity index (χ0) is 24.1. The molecule has 1 saturated heterocycles. The van der Waals surface area contributed by atoms with Gasteiger partial charge in [0.15, 0.2) is 0 Å². The van der Waals surface area contributed by atoms with Crippen LogP contribution in [0.2, 0.25) is 0 Å². The fraction of sp³-hybridized carbons (Fsp3) is 0.308. The highest BCUT2D eigenvalue weighted by atomic mass is 16.2. The van der Waals surface area contributed by atoms with E-state index in [4.69, 9.17) is 0 Å². The molecule has 2 heterocycles. The predicted molar refractivity (Wildman–Crippen MR) is 134 cm³/mol. The van der Waals surface area contributed by atoms with Crippen molar-refractivity contribution in [1.82, 2.24) is 14.9 Å². The van der Waals surface area contributed by atoms with E-state index in [1.807, 2.05) is 24.3 Å². The lowest BCUT2D eigenvalue weighted by Gasteiger charge is -2.34. The van der Waals surface area contributed by atoms with Gasteiger partial charge in [-0.1, -0.05) is 39.0 Å². The molecule has 4 rings (SSSR count). The molecular weight excluding hydrogens is 428 g/mol. The highest BCUT2D eigenvalue weighted by Gasteiger charge is 2.22. The number of anilines is 3. The lowest BCUT2D eigenvalue weighted by Crippen LogP contribution is -2.50. The highest BCUT2D eigenvalue weighted by molar-refractivity contribution is 6.04. The third-order valence-electron chi connectivity index (χ3n) is 5.79. The maximum Gasteiger partial charge on any atom is 0.321 e. The quantitative estimate of drug-likeness (QED) is 0.606. The molecule has 1 aliphatic heterocycles. The van der Waals surface area contributed by atoms with Crippen molar-refractivity contribution in [2.75, 3.05) is 41.7 Å². The Hall–Kier alpha value is -3.94. The number of amides is 3. The maximum absolute atomic E-state index is 12.8. The minimum atomic E-state index is -0.191. The van der Waals surface area contributed by atoms with Crippen LogP contribution >= 0.6 is 0 Å². The maximum atomic E-state index is 12.8. The van der Waals surface area contributed by atoms with Crippen LogP contribution in [0.4, 0.5) is 22.1 Å². The number of hydrogen-bond donors (Lipinski definition) is 2. The summed E-state index contributed by atoms with van der Waals surface area (Å²) in [5, 5.41) is 5.84. The molecule has 2 N–H and O–H groups in total. The topological polar surface area (TPSA) is 90.5 Å². The molecule has 34 heavy (non-hydrogen) atoms. The summed E-state index contributed by atoms with van der Waals surface area (Å²) in [4.78, 5) is 37.8. The smallest absolute Gasteiger partial charge is 0.321 e. The van der Waals surface area contributed by atoms with Gasteiger partial charge in [0, 0.05) is 55.5 Å². The predicted octanol–water partition coefficient (Wildman–Crippen LogP) is 4.38. The van der Waals surface area contributed by atoms with E-state index in [9.17, 15) is 9.59 Å². The summed E-state index contributed by atoms with van der Waals surface area (Å²) in [7, 11) is 0. The number of rotatable bonds is 4. The molecule has 1 aromatic heterocycles. The van der Waals surface area contributed by atoms with Crippen molar-refractivity contribution < 1.29 is 9.59 Å². The Bertz CT molecular complexity index is 1130. The summed E-state index contributed by atoms with van der Waals surface area (Å²) >= 11 is 0. The third kappa shape index (κ3) is 5.70. The Morgan fingerprint density at radius 3 is 2.06 bits per heavy atom. The summed E-state index contributed by atoms with van der Waals surface area (Å²) in [6.07, 6.45) is 3.43. The Morgan fingerprint density at radius 1 is 0.824 bits per heavy atom. The number of nitrogens with one attached hydrogen (secondary N) is 2. The lowest BCUT2D eigenvalue weighted by atomic mass is 9.87. The summed E-state index contributed by atoms with van der Waals surface area (Å²) in [6.45, 7) is 8.90. The van der Waals surface area contributed by atoms with Crippen molar-refractivity contribution in [1.29, 1.82) is 0 Å². The monoisotopic (exact) mass is 458 g/mol. The van der Waals surface area contributed by atoms with Crippen LogP contribution in [-0.2, 0) is 5.41 Å². The Kier molecular flexibility index (Phi) is 6.77. The summed E-state index contributed by atoms with van der Waals surface area (Å²) < 4.78 is 0. The Labute approximate surface area is 200 Å². The molecule has 0 atom stereocenters. The molecule has 0 aliphatic carbocycles. The fourth-order valence-electron chi connectivity index (χ4n) is 3.77. The molecule has 0 spiro atoms. The Morgan fingerprint density at radius 2 is 1.44 bits per heavy atom. The molecule has 0 saturated carbocycles. The average molecular weight is 459 g/mol. The van der Waals surface area contributed by atoms with Gasteiger partial charge >= 0.3 is 6.03 Å². The largest absolute Gasteiger partial charge is 0.337 e. The minimum absolute atomic E-state index is 0.0313. The van der Waals surface area contributed by atoms with Crippen molar-refractivity contribution in [3.63, 3.8) is 0 Å². The number of nitrogens with zero attached hydrogens (tertiary/aromatic N) is 4. The van der Waals surface area contributed by atoms with Gasteiger partial charge in [-0.05, 0) is 47.4 Å². The van der Waals surface area contributed by atoms with Crippen molar-refractivity contribution in [3.8, 4) is 0 Å². The molecule has 3 aromatic rings. The minimum Gasteiger partial charge on any atom is -0.337 e. The average Bonchev–Trinajstić information content (AvgIpc) is 2.84. The number of urea groups is 1. The van der Waals surface area contributed by atoms with Crippen molar-refractivity contribution in [2.45, 2.75) is 26.2 Å². The first-order valence-corrected chi connectivity index (χ1v) is 11.4. The molecule has 1 aliphatic rings. The van der Waals surface area contributed by atoms with Crippen molar-refractivity contribution >= 4 is 29.3 Å². The Balaban J connectivity index is 1.33. The molecule has 0 unspecified atom stereocenters. The number of carbonyl (C=O) groups excluding carboxylic acids is 2. The third-order valence-corrected chi connectivity index (χ3v) is 5.79. The van der Waals surface area contributed by atoms with E-state index < -0.39 is 0 Å². The first-order chi connectivity index (χ1) is 16.3.